The van der Waals surface area contributed by atoms with Crippen LogP contribution in [-0.4, -0.2) is 132 Å². The fourth-order valence-electron chi connectivity index (χ4n) is 7.73. The van der Waals surface area contributed by atoms with Crippen LogP contribution in [0.15, 0.2) is 35.3 Å². The molecule has 2 aromatic carbocycles. The average Bonchev–Trinajstić information content (AvgIpc) is 4.11. The van der Waals surface area contributed by atoms with Crippen LogP contribution < -0.4 is 16.0 Å². The van der Waals surface area contributed by atoms with E-state index in [0.717, 1.165) is 0 Å². The number of likely N-dealkylation sites (tertiary alicyclic amines) is 2. The van der Waals surface area contributed by atoms with Gasteiger partial charge in [-0.15, -0.1) is 22.7 Å². The summed E-state index contributed by atoms with van der Waals surface area (Å²) in [6.45, 7) is 6.58. The molecular weight excluding hydrogens is 843 g/mol. The summed E-state index contributed by atoms with van der Waals surface area (Å²) >= 11 is 2.47. The number of fused-ring (bicyclic) bond motifs is 2. The van der Waals surface area contributed by atoms with Crippen LogP contribution in [0.25, 0.3) is 31.6 Å². The number of alkyl carbamates (subject to hydrolysis) is 1. The molecular formula is C42H49N7O11S2. The third kappa shape index (κ3) is 9.55. The quantitative estimate of drug-likeness (QED) is 0.0858. The van der Waals surface area contributed by atoms with Gasteiger partial charge in [-0.2, -0.15) is 0 Å². The van der Waals surface area contributed by atoms with Crippen molar-refractivity contribution in [3.63, 3.8) is 0 Å². The summed E-state index contributed by atoms with van der Waals surface area (Å²) in [6, 6.07) is 2.58. The van der Waals surface area contributed by atoms with Gasteiger partial charge in [0.2, 0.25) is 23.4 Å². The zero-order chi connectivity index (χ0) is 44.8. The smallest absolute Gasteiger partial charge is 0.407 e. The number of carbonyl (C=O) groups is 8. The highest BCUT2D eigenvalue weighted by Gasteiger charge is 2.41. The summed E-state index contributed by atoms with van der Waals surface area (Å²) in [6.07, 6.45) is 1.04. The molecule has 0 radical (unpaired) electrons. The molecule has 62 heavy (non-hydrogen) atoms. The maximum Gasteiger partial charge on any atom is 0.407 e. The normalized spacial score (nSPS) is 17.2. The van der Waals surface area contributed by atoms with Crippen molar-refractivity contribution in [3.05, 3.63) is 46.4 Å². The van der Waals surface area contributed by atoms with Crippen LogP contribution >= 0.6 is 22.7 Å². The topological polar surface area (TPSA) is 233 Å². The second kappa shape index (κ2) is 19.8. The van der Waals surface area contributed by atoms with Gasteiger partial charge in [0.25, 0.3) is 0 Å². The van der Waals surface area contributed by atoms with Gasteiger partial charge in [0.05, 0.1) is 38.6 Å². The van der Waals surface area contributed by atoms with Crippen LogP contribution in [0.4, 0.5) is 9.59 Å². The fourth-order valence-corrected chi connectivity index (χ4v) is 9.42. The monoisotopic (exact) mass is 891 g/mol. The molecule has 3 N–H and O–H groups in total. The molecule has 2 aliphatic rings. The molecule has 20 heteroatoms. The van der Waals surface area contributed by atoms with Gasteiger partial charge < -0.3 is 40.0 Å². The van der Waals surface area contributed by atoms with Crippen molar-refractivity contribution in [2.75, 3.05) is 40.5 Å². The highest BCUT2D eigenvalue weighted by molar-refractivity contribution is 7.17. The fraction of sp³-hybridized carbons (Fsp3) is 0.476. The minimum absolute atomic E-state index is 0.245. The standard InChI is InChI=1S/C42H49N7O11S2/c1-21(2)31(46-41(56)43-5)37(52)48-15-7-9-27(48)39(54)59-17-29(50)25-13-11-23(33-35(25)61-19-44-33)24-12-14-26(36-34(24)45-20-62-36)30(51)18-60-40(55)28-10-8-16-49(28)38(53)32(22(3)4)47-42(57)58-6/h11-14,19-22,27-28,31-32H,7-10,15-18H2,1-6H3,(H,47,57)(H2,43,46,56). The highest BCUT2D eigenvalue weighted by Crippen LogP contribution is 2.38. The van der Waals surface area contributed by atoms with Crippen LogP contribution in [0.5, 0.6) is 0 Å². The van der Waals surface area contributed by atoms with Crippen LogP contribution in [0.3, 0.4) is 0 Å². The van der Waals surface area contributed by atoms with Gasteiger partial charge in [-0.25, -0.2) is 29.1 Å². The van der Waals surface area contributed by atoms with Crippen molar-refractivity contribution >= 4 is 90.6 Å². The molecule has 0 saturated carbocycles. The van der Waals surface area contributed by atoms with Crippen LogP contribution in [0.1, 0.15) is 74.1 Å². The number of benzene rings is 2. The number of amides is 5. The number of esters is 2. The second-order valence-corrected chi connectivity index (χ2v) is 17.3. The van der Waals surface area contributed by atoms with E-state index in [4.69, 9.17) is 9.47 Å². The third-order valence-electron chi connectivity index (χ3n) is 11.0. The number of Topliss-reactive ketones (excluding diaryl/α,β-unsaturated/α-hetero) is 2. The maximum atomic E-state index is 13.6. The van der Waals surface area contributed by atoms with E-state index in [2.05, 4.69) is 30.7 Å². The Labute approximate surface area is 365 Å². The number of thiazole rings is 2. The number of methoxy groups -OCH3 is 1. The van der Waals surface area contributed by atoms with Gasteiger partial charge in [0.1, 0.15) is 24.2 Å². The molecule has 2 aromatic heterocycles. The predicted molar refractivity (Wildman–Crippen MR) is 229 cm³/mol. The number of aromatic nitrogens is 2. The first-order chi connectivity index (χ1) is 29.7. The third-order valence-corrected chi connectivity index (χ3v) is 12.7. The average molecular weight is 892 g/mol. The Balaban J connectivity index is 1.12. The molecule has 6 rings (SSSR count). The molecule has 5 amide bonds. The number of hydrogen-bond acceptors (Lipinski definition) is 15. The Bertz CT molecular complexity index is 2230. The van der Waals surface area contributed by atoms with Crippen molar-refractivity contribution in [1.29, 1.82) is 0 Å². The van der Waals surface area contributed by atoms with Crippen LogP contribution in [0, 0.1) is 11.8 Å². The van der Waals surface area contributed by atoms with Gasteiger partial charge >= 0.3 is 24.1 Å². The van der Waals surface area contributed by atoms with E-state index in [-0.39, 0.29) is 23.0 Å². The molecule has 4 aromatic rings. The Morgan fingerprint density at radius 3 is 1.53 bits per heavy atom. The Morgan fingerprint density at radius 1 is 0.694 bits per heavy atom. The number of ketones is 2. The first-order valence-electron chi connectivity index (χ1n) is 20.2. The van der Waals surface area contributed by atoms with E-state index in [1.165, 1.54) is 46.6 Å². The lowest BCUT2D eigenvalue weighted by Crippen LogP contribution is -2.55. The summed E-state index contributed by atoms with van der Waals surface area (Å²) in [4.78, 5) is 116. The Kier molecular flexibility index (Phi) is 14.5. The van der Waals surface area contributed by atoms with E-state index < -0.39 is 84.8 Å². The molecule has 18 nitrogen and oxygen atoms in total. The van der Waals surface area contributed by atoms with E-state index in [0.29, 0.717) is 70.3 Å². The van der Waals surface area contributed by atoms with E-state index in [1.807, 2.05) is 0 Å². The lowest BCUT2D eigenvalue weighted by atomic mass is 9.98. The van der Waals surface area contributed by atoms with Crippen molar-refractivity contribution in [1.82, 2.24) is 35.7 Å². The molecule has 330 valence electrons. The molecule has 4 unspecified atom stereocenters. The van der Waals surface area contributed by atoms with E-state index in [1.54, 1.807) is 63.0 Å². The van der Waals surface area contributed by atoms with Gasteiger partial charge in [0.15, 0.2) is 13.2 Å². The number of rotatable bonds is 15. The van der Waals surface area contributed by atoms with Gasteiger partial charge in [-0.3, -0.25) is 19.2 Å². The predicted octanol–water partition coefficient (Wildman–Crippen LogP) is 4.34. The van der Waals surface area contributed by atoms with Gasteiger partial charge in [-0.1, -0.05) is 39.8 Å². The minimum atomic E-state index is -0.916. The summed E-state index contributed by atoms with van der Waals surface area (Å²) < 4.78 is 16.8. The first kappa shape index (κ1) is 45.5. The summed E-state index contributed by atoms with van der Waals surface area (Å²) in [7, 11) is 2.64. The van der Waals surface area contributed by atoms with Crippen molar-refractivity contribution < 1.29 is 52.6 Å². The first-order valence-corrected chi connectivity index (χ1v) is 22.0. The van der Waals surface area contributed by atoms with Crippen molar-refractivity contribution in [3.8, 4) is 11.1 Å². The molecule has 2 saturated heterocycles. The molecule has 2 aliphatic heterocycles. The highest BCUT2D eigenvalue weighted by atomic mass is 32.1. The SMILES string of the molecule is CNC(=O)NC(C(=O)N1CCCC1C(=O)OCC(=O)c1ccc(-c2ccc(C(=O)COC(=O)C3CCCN3C(=O)C(NC(=O)OC)C(C)C)c3scnc23)c2ncsc12)C(C)C. The van der Waals surface area contributed by atoms with Crippen LogP contribution in [-0.2, 0) is 33.4 Å². The molecule has 2 fully saturated rings. The van der Waals surface area contributed by atoms with Crippen LogP contribution in [0.2, 0.25) is 0 Å². The lowest BCUT2D eigenvalue weighted by molar-refractivity contribution is -0.153. The molecule has 4 heterocycles. The zero-order valence-electron chi connectivity index (χ0n) is 35.2. The number of ether oxygens (including phenoxy) is 3. The zero-order valence-corrected chi connectivity index (χ0v) is 36.8. The summed E-state index contributed by atoms with van der Waals surface area (Å²) in [5.74, 6) is -3.74. The maximum absolute atomic E-state index is 13.6. The second-order valence-electron chi connectivity index (χ2n) is 15.6. The van der Waals surface area contributed by atoms with Crippen molar-refractivity contribution in [2.24, 2.45) is 11.8 Å². The molecule has 0 aliphatic carbocycles. The largest absolute Gasteiger partial charge is 0.456 e. The van der Waals surface area contributed by atoms with Crippen molar-refractivity contribution in [2.45, 2.75) is 77.5 Å². The number of nitrogens with one attached hydrogen (secondary N) is 3. The number of hydrogen-bond donors (Lipinski definition) is 3. The molecule has 0 spiro atoms. The minimum Gasteiger partial charge on any atom is -0.456 e. The Hall–Kier alpha value is -6.02. The van der Waals surface area contributed by atoms with E-state index >= 15 is 0 Å². The molecule has 4 atom stereocenters. The lowest BCUT2D eigenvalue weighted by Gasteiger charge is -2.30. The van der Waals surface area contributed by atoms with E-state index in [9.17, 15) is 38.4 Å². The number of urea groups is 1. The van der Waals surface area contributed by atoms with Gasteiger partial charge in [-0.05, 0) is 49.7 Å². The molecule has 0 bridgehead atoms. The Morgan fingerprint density at radius 2 is 1.13 bits per heavy atom. The summed E-state index contributed by atoms with van der Waals surface area (Å²) in [5.41, 5.74) is 6.06. The van der Waals surface area contributed by atoms with Gasteiger partial charge in [0, 0.05) is 42.4 Å². The number of nitrogens with zero attached hydrogens (tertiary/aromatic N) is 4. The number of carbonyl (C=O) groups excluding carboxylic acids is 8. The summed E-state index contributed by atoms with van der Waals surface area (Å²) in [5, 5.41) is 7.62.